The van der Waals surface area contributed by atoms with Gasteiger partial charge in [-0.3, -0.25) is 4.79 Å². The van der Waals surface area contributed by atoms with Crippen molar-refractivity contribution in [1.82, 2.24) is 0 Å². The maximum Gasteiger partial charge on any atom is 0.165 e. The molecular formula is C21H21NO. The third-order valence-electron chi connectivity index (χ3n) is 4.21. The summed E-state index contributed by atoms with van der Waals surface area (Å²) in [5, 5.41) is 2.02. The lowest BCUT2D eigenvalue weighted by molar-refractivity contribution is 0.0981. The first-order chi connectivity index (χ1) is 11.2. The number of hydrogen-bond acceptors (Lipinski definition) is 2. The Balaban J connectivity index is 2.25. The summed E-state index contributed by atoms with van der Waals surface area (Å²) in [4.78, 5) is 12.8. The van der Waals surface area contributed by atoms with Gasteiger partial charge in [-0.1, -0.05) is 67.9 Å². The summed E-state index contributed by atoms with van der Waals surface area (Å²) in [6.45, 7) is 2.09. The van der Waals surface area contributed by atoms with E-state index in [-0.39, 0.29) is 5.78 Å². The van der Waals surface area contributed by atoms with Gasteiger partial charge in [-0.25, -0.2) is 0 Å². The number of unbranched alkanes of at least 4 members (excludes halogenated alkanes) is 1. The van der Waals surface area contributed by atoms with Gasteiger partial charge in [0, 0.05) is 17.4 Å². The van der Waals surface area contributed by atoms with Crippen molar-refractivity contribution in [2.24, 2.45) is 0 Å². The van der Waals surface area contributed by atoms with E-state index >= 15 is 0 Å². The van der Waals surface area contributed by atoms with Crippen LogP contribution in [0.2, 0.25) is 0 Å². The van der Waals surface area contributed by atoms with E-state index in [4.69, 9.17) is 5.73 Å². The highest BCUT2D eigenvalue weighted by atomic mass is 16.1. The minimum absolute atomic E-state index is 0.133. The maximum absolute atomic E-state index is 12.8. The Morgan fingerprint density at radius 2 is 1.70 bits per heavy atom. The van der Waals surface area contributed by atoms with Gasteiger partial charge in [0.1, 0.15) is 0 Å². The summed E-state index contributed by atoms with van der Waals surface area (Å²) in [5.74, 6) is 0.133. The summed E-state index contributed by atoms with van der Waals surface area (Å²) < 4.78 is 0. The van der Waals surface area contributed by atoms with E-state index in [0.717, 1.165) is 34.7 Å². The van der Waals surface area contributed by atoms with Crippen molar-refractivity contribution in [3.05, 3.63) is 66.2 Å². The van der Waals surface area contributed by atoms with Gasteiger partial charge in [0.15, 0.2) is 5.78 Å². The first-order valence-electron chi connectivity index (χ1n) is 8.12. The van der Waals surface area contributed by atoms with Crippen molar-refractivity contribution in [2.45, 2.75) is 26.2 Å². The number of carbonyl (C=O) groups excluding carboxylic acids is 1. The highest BCUT2D eigenvalue weighted by molar-refractivity contribution is 6.14. The van der Waals surface area contributed by atoms with Gasteiger partial charge in [0.25, 0.3) is 0 Å². The fraction of sp³-hybridized carbons (Fsp3) is 0.190. The lowest BCUT2D eigenvalue weighted by Crippen LogP contribution is -2.07. The second kappa shape index (κ2) is 6.66. The Morgan fingerprint density at radius 1 is 1.00 bits per heavy atom. The Kier molecular flexibility index (Phi) is 4.42. The molecule has 0 spiro atoms. The first-order valence-corrected chi connectivity index (χ1v) is 8.12. The number of nitrogens with two attached hydrogens (primary N) is 1. The molecule has 0 amide bonds. The van der Waals surface area contributed by atoms with Gasteiger partial charge in [0.05, 0.1) is 5.69 Å². The fourth-order valence-electron chi connectivity index (χ4n) is 2.98. The Labute approximate surface area is 136 Å². The van der Waals surface area contributed by atoms with Gasteiger partial charge < -0.3 is 5.73 Å². The maximum atomic E-state index is 12.8. The SMILES string of the molecule is CCCCC(=O)c1c(-c2ccccc2)cc2ccccc2c1N. The molecule has 2 N–H and O–H groups in total. The van der Waals surface area contributed by atoms with Crippen LogP contribution in [0, 0.1) is 0 Å². The summed E-state index contributed by atoms with van der Waals surface area (Å²) >= 11 is 0. The molecule has 3 aromatic carbocycles. The summed E-state index contributed by atoms with van der Waals surface area (Å²) in [6.07, 6.45) is 2.43. The Morgan fingerprint density at radius 3 is 2.43 bits per heavy atom. The van der Waals surface area contributed by atoms with E-state index in [1.54, 1.807) is 0 Å². The van der Waals surface area contributed by atoms with Gasteiger partial charge in [0.2, 0.25) is 0 Å². The highest BCUT2D eigenvalue weighted by Gasteiger charge is 2.18. The molecule has 0 bridgehead atoms. The van der Waals surface area contributed by atoms with E-state index < -0.39 is 0 Å². The zero-order valence-corrected chi connectivity index (χ0v) is 13.4. The zero-order valence-electron chi connectivity index (χ0n) is 13.4. The van der Waals surface area contributed by atoms with Crippen LogP contribution in [-0.4, -0.2) is 5.78 Å². The Hall–Kier alpha value is -2.61. The summed E-state index contributed by atoms with van der Waals surface area (Å²) in [6, 6.07) is 20.1. The number of fused-ring (bicyclic) bond motifs is 1. The van der Waals surface area contributed by atoms with Gasteiger partial charge in [-0.05, 0) is 29.0 Å². The van der Waals surface area contributed by atoms with E-state index in [1.807, 2.05) is 54.6 Å². The second-order valence-corrected chi connectivity index (χ2v) is 5.83. The number of hydrogen-bond donors (Lipinski definition) is 1. The number of Topliss-reactive ketones (excluding diaryl/α,β-unsaturated/α-hetero) is 1. The van der Waals surface area contributed by atoms with Crippen molar-refractivity contribution in [1.29, 1.82) is 0 Å². The molecule has 0 heterocycles. The van der Waals surface area contributed by atoms with Crippen LogP contribution < -0.4 is 5.73 Å². The molecule has 0 atom stereocenters. The van der Waals surface area contributed by atoms with Crippen LogP contribution in [-0.2, 0) is 0 Å². The fourth-order valence-corrected chi connectivity index (χ4v) is 2.98. The molecule has 0 radical (unpaired) electrons. The monoisotopic (exact) mass is 303 g/mol. The molecule has 0 aliphatic heterocycles. The van der Waals surface area contributed by atoms with Crippen molar-refractivity contribution < 1.29 is 4.79 Å². The second-order valence-electron chi connectivity index (χ2n) is 5.83. The number of nitrogen functional groups attached to an aromatic ring is 1. The van der Waals surface area contributed by atoms with Crippen molar-refractivity contribution in [3.63, 3.8) is 0 Å². The van der Waals surface area contributed by atoms with Crippen LogP contribution in [0.1, 0.15) is 36.5 Å². The van der Waals surface area contributed by atoms with E-state index in [9.17, 15) is 4.79 Å². The van der Waals surface area contributed by atoms with Crippen LogP contribution in [0.3, 0.4) is 0 Å². The molecule has 116 valence electrons. The molecule has 0 fully saturated rings. The average Bonchev–Trinajstić information content (AvgIpc) is 2.60. The smallest absolute Gasteiger partial charge is 0.165 e. The molecule has 3 aromatic rings. The molecule has 3 rings (SSSR count). The van der Waals surface area contributed by atoms with E-state index in [0.29, 0.717) is 17.7 Å². The lowest BCUT2D eigenvalue weighted by Gasteiger charge is -2.15. The molecule has 0 saturated heterocycles. The number of anilines is 1. The number of benzene rings is 3. The topological polar surface area (TPSA) is 43.1 Å². The van der Waals surface area contributed by atoms with Gasteiger partial charge in [-0.15, -0.1) is 0 Å². The minimum Gasteiger partial charge on any atom is -0.398 e. The molecule has 0 saturated carbocycles. The predicted octanol–water partition coefficient (Wildman–Crippen LogP) is 5.46. The molecule has 2 nitrogen and oxygen atoms in total. The van der Waals surface area contributed by atoms with Crippen LogP contribution in [0.15, 0.2) is 60.7 Å². The summed E-state index contributed by atoms with van der Waals surface area (Å²) in [5.41, 5.74) is 9.64. The molecule has 23 heavy (non-hydrogen) atoms. The zero-order chi connectivity index (χ0) is 16.2. The van der Waals surface area contributed by atoms with Crippen molar-refractivity contribution in [3.8, 4) is 11.1 Å². The van der Waals surface area contributed by atoms with Crippen LogP contribution in [0.4, 0.5) is 5.69 Å². The number of ketones is 1. The number of rotatable bonds is 5. The van der Waals surface area contributed by atoms with E-state index in [2.05, 4.69) is 13.0 Å². The van der Waals surface area contributed by atoms with Crippen LogP contribution in [0.5, 0.6) is 0 Å². The molecule has 2 heteroatoms. The van der Waals surface area contributed by atoms with Gasteiger partial charge in [-0.2, -0.15) is 0 Å². The predicted molar refractivity (Wildman–Crippen MR) is 97.7 cm³/mol. The third-order valence-corrected chi connectivity index (χ3v) is 4.21. The number of carbonyl (C=O) groups is 1. The molecule has 0 aliphatic rings. The third kappa shape index (κ3) is 2.98. The highest BCUT2D eigenvalue weighted by Crippen LogP contribution is 2.35. The first kappa shape index (κ1) is 15.3. The minimum atomic E-state index is 0.133. The quantitative estimate of drug-likeness (QED) is 0.502. The van der Waals surface area contributed by atoms with Gasteiger partial charge >= 0.3 is 0 Å². The Bertz CT molecular complexity index is 837. The summed E-state index contributed by atoms with van der Waals surface area (Å²) in [7, 11) is 0. The van der Waals surface area contributed by atoms with E-state index in [1.165, 1.54) is 0 Å². The largest absolute Gasteiger partial charge is 0.398 e. The molecular weight excluding hydrogens is 282 g/mol. The van der Waals surface area contributed by atoms with Crippen LogP contribution >= 0.6 is 0 Å². The standard InChI is InChI=1S/C21H21NO/c1-2-3-13-19(23)20-18(15-9-5-4-6-10-15)14-16-11-7-8-12-17(16)21(20)22/h4-12,14H,2-3,13,22H2,1H3. The molecule has 0 aromatic heterocycles. The molecule has 0 aliphatic carbocycles. The van der Waals surface area contributed by atoms with Crippen LogP contribution in [0.25, 0.3) is 21.9 Å². The van der Waals surface area contributed by atoms with Crippen molar-refractivity contribution >= 4 is 22.2 Å². The normalized spacial score (nSPS) is 10.8. The van der Waals surface area contributed by atoms with Crippen molar-refractivity contribution in [2.75, 3.05) is 5.73 Å². The molecule has 0 unspecified atom stereocenters. The average molecular weight is 303 g/mol. The lowest BCUT2D eigenvalue weighted by atomic mass is 9.90.